The number of hydrogen-bond donors (Lipinski definition) is 0. The summed E-state index contributed by atoms with van der Waals surface area (Å²) in [4.78, 5) is 30.1. The molecule has 1 aliphatic heterocycles. The molecule has 0 spiro atoms. The molecule has 2 amide bonds. The molecule has 1 aliphatic rings. The second-order valence-electron chi connectivity index (χ2n) is 11.4. The van der Waals surface area contributed by atoms with Crippen molar-refractivity contribution >= 4 is 60.6 Å². The third kappa shape index (κ3) is 3.14. The van der Waals surface area contributed by atoms with Crippen LogP contribution in [0.25, 0.3) is 43.1 Å². The number of para-hydroxylation sites is 1. The number of carbonyl (C=O) groups is 2. The molecule has 0 saturated carbocycles. The van der Waals surface area contributed by atoms with Gasteiger partial charge in [0.05, 0.1) is 5.69 Å². The van der Waals surface area contributed by atoms with E-state index in [4.69, 9.17) is 0 Å². The highest BCUT2D eigenvalue weighted by Gasteiger charge is 2.37. The largest absolute Gasteiger partial charge is 0.268 e. The van der Waals surface area contributed by atoms with Crippen molar-refractivity contribution in [1.29, 1.82) is 0 Å². The molecule has 6 aromatic rings. The molecule has 1 heterocycles. The minimum Gasteiger partial charge on any atom is -0.268 e. The van der Waals surface area contributed by atoms with Crippen LogP contribution in [-0.2, 0) is 0 Å². The lowest BCUT2D eigenvalue weighted by molar-refractivity contribution is 0.0893. The van der Waals surface area contributed by atoms with Crippen molar-refractivity contribution in [2.24, 2.45) is 0 Å². The Morgan fingerprint density at radius 3 is 1.65 bits per heavy atom. The van der Waals surface area contributed by atoms with Gasteiger partial charge < -0.3 is 0 Å². The smallest absolute Gasteiger partial charge is 0.266 e. The Labute approximate surface area is 233 Å². The monoisotopic (exact) mass is 519 g/mol. The van der Waals surface area contributed by atoms with Gasteiger partial charge in [-0.3, -0.25) is 9.59 Å². The predicted octanol–water partition coefficient (Wildman–Crippen LogP) is 9.16. The van der Waals surface area contributed by atoms with E-state index in [0.717, 1.165) is 60.1 Å². The van der Waals surface area contributed by atoms with Crippen molar-refractivity contribution in [1.82, 2.24) is 0 Å². The van der Waals surface area contributed by atoms with Crippen LogP contribution < -0.4 is 4.90 Å². The second kappa shape index (κ2) is 8.66. The fourth-order valence-corrected chi connectivity index (χ4v) is 6.71. The molecule has 194 valence electrons. The van der Waals surface area contributed by atoms with Crippen LogP contribution in [0.4, 0.5) is 5.69 Å². The van der Waals surface area contributed by atoms with Gasteiger partial charge in [-0.15, -0.1) is 5.92 Å². The van der Waals surface area contributed by atoms with Crippen molar-refractivity contribution in [3.8, 4) is 11.8 Å². The Bertz CT molecular complexity index is 2020. The molecule has 0 radical (unpaired) electrons. The van der Waals surface area contributed by atoms with Crippen molar-refractivity contribution in [2.45, 2.75) is 46.5 Å². The van der Waals surface area contributed by atoms with E-state index in [1.54, 1.807) is 0 Å². The number of fused-ring (bicyclic) bond motifs is 2. The third-order valence-corrected chi connectivity index (χ3v) is 8.47. The Hall–Kier alpha value is -4.68. The first-order valence-corrected chi connectivity index (χ1v) is 13.9. The summed E-state index contributed by atoms with van der Waals surface area (Å²) in [6, 6.07) is 24.6. The molecule has 6 aromatic carbocycles. The van der Waals surface area contributed by atoms with Gasteiger partial charge in [0, 0.05) is 22.1 Å². The lowest BCUT2D eigenvalue weighted by atomic mass is 9.83. The van der Waals surface area contributed by atoms with Crippen LogP contribution in [0.15, 0.2) is 72.8 Å². The molecule has 0 unspecified atom stereocenters. The highest BCUT2D eigenvalue weighted by Crippen LogP contribution is 2.46. The Balaban J connectivity index is 1.57. The first-order valence-electron chi connectivity index (χ1n) is 13.9. The van der Waals surface area contributed by atoms with Crippen LogP contribution in [-0.4, -0.2) is 11.8 Å². The number of nitrogens with zero attached hydrogens (tertiary/aromatic N) is 1. The Kier molecular flexibility index (Phi) is 5.28. The SMILES string of the molecule is CC#Cc1ccc2c3ccc4c5c(ccc(c6cccc1c62)c53)C(=O)N(c1c(C(C)C)cccc1C(C)C)C4=O. The molecule has 0 aromatic heterocycles. The number of imide groups is 1. The summed E-state index contributed by atoms with van der Waals surface area (Å²) < 4.78 is 0. The fraction of sp³-hybridized carbons (Fsp3) is 0.189. The first kappa shape index (κ1) is 24.4. The van der Waals surface area contributed by atoms with Crippen LogP contribution in [0.1, 0.15) is 83.9 Å². The molecule has 0 N–H and O–H groups in total. The average molecular weight is 520 g/mol. The molecule has 7 rings (SSSR count). The van der Waals surface area contributed by atoms with E-state index in [1.807, 2.05) is 37.3 Å². The van der Waals surface area contributed by atoms with E-state index in [1.165, 1.54) is 10.3 Å². The standard InChI is InChI=1S/C37H29NO2/c1-6-9-22-14-15-27-29-17-19-31-34-30(18-16-28(33(29)34)26-13-8-12-25(22)32(26)27)36(39)38(37(31)40)35-23(20(2)3)10-7-11-24(35)21(4)5/h7-8,10-21H,1-5H3. The van der Waals surface area contributed by atoms with Crippen molar-refractivity contribution in [3.05, 3.63) is 101 Å². The number of benzene rings is 6. The summed E-state index contributed by atoms with van der Waals surface area (Å²) >= 11 is 0. The molecule has 0 fully saturated rings. The zero-order valence-corrected chi connectivity index (χ0v) is 23.3. The maximum Gasteiger partial charge on any atom is 0.266 e. The number of anilines is 1. The lowest BCUT2D eigenvalue weighted by Crippen LogP contribution is -2.41. The van der Waals surface area contributed by atoms with E-state index in [0.29, 0.717) is 11.1 Å². The van der Waals surface area contributed by atoms with Gasteiger partial charge in [-0.1, -0.05) is 88.2 Å². The lowest BCUT2D eigenvalue weighted by Gasteiger charge is -2.32. The summed E-state index contributed by atoms with van der Waals surface area (Å²) in [6.45, 7) is 10.3. The van der Waals surface area contributed by atoms with Gasteiger partial charge in [0.2, 0.25) is 0 Å². The highest BCUT2D eigenvalue weighted by atomic mass is 16.2. The fourth-order valence-electron chi connectivity index (χ4n) is 6.71. The molecule has 40 heavy (non-hydrogen) atoms. The molecule has 0 aliphatic carbocycles. The minimum atomic E-state index is -0.256. The number of amides is 2. The molecule has 0 saturated heterocycles. The Morgan fingerprint density at radius 2 is 1.07 bits per heavy atom. The van der Waals surface area contributed by atoms with Crippen molar-refractivity contribution in [2.75, 3.05) is 4.90 Å². The Morgan fingerprint density at radius 1 is 0.575 bits per heavy atom. The minimum absolute atomic E-state index is 0.158. The van der Waals surface area contributed by atoms with Crippen molar-refractivity contribution < 1.29 is 9.59 Å². The molecule has 0 bridgehead atoms. The first-order chi connectivity index (χ1) is 19.3. The van der Waals surface area contributed by atoms with E-state index < -0.39 is 0 Å². The van der Waals surface area contributed by atoms with Gasteiger partial charge >= 0.3 is 0 Å². The quantitative estimate of drug-likeness (QED) is 0.101. The second-order valence-corrected chi connectivity index (χ2v) is 11.4. The average Bonchev–Trinajstić information content (AvgIpc) is 2.95. The van der Waals surface area contributed by atoms with E-state index >= 15 is 0 Å². The maximum absolute atomic E-state index is 14.3. The van der Waals surface area contributed by atoms with Gasteiger partial charge in [-0.25, -0.2) is 4.90 Å². The highest BCUT2D eigenvalue weighted by molar-refractivity contribution is 6.42. The number of carbonyl (C=O) groups excluding carboxylic acids is 2. The van der Waals surface area contributed by atoms with Gasteiger partial charge in [0.15, 0.2) is 0 Å². The van der Waals surface area contributed by atoms with E-state index in [9.17, 15) is 9.59 Å². The molecule has 3 heteroatoms. The predicted molar refractivity (Wildman–Crippen MR) is 166 cm³/mol. The van der Waals surface area contributed by atoms with E-state index in [2.05, 4.69) is 82.0 Å². The zero-order chi connectivity index (χ0) is 27.9. The van der Waals surface area contributed by atoms with Crippen LogP contribution in [0.2, 0.25) is 0 Å². The zero-order valence-electron chi connectivity index (χ0n) is 23.3. The summed E-state index contributed by atoms with van der Waals surface area (Å²) in [5.74, 6) is 6.09. The summed E-state index contributed by atoms with van der Waals surface area (Å²) in [7, 11) is 0. The molecular weight excluding hydrogens is 490 g/mol. The van der Waals surface area contributed by atoms with E-state index in [-0.39, 0.29) is 23.7 Å². The summed E-state index contributed by atoms with van der Waals surface area (Å²) in [6.07, 6.45) is 0. The normalized spacial score (nSPS) is 13.4. The van der Waals surface area contributed by atoms with Gasteiger partial charge in [-0.2, -0.15) is 0 Å². The van der Waals surface area contributed by atoms with Gasteiger partial charge in [0.25, 0.3) is 11.8 Å². The van der Waals surface area contributed by atoms with Gasteiger partial charge in [0.1, 0.15) is 0 Å². The third-order valence-electron chi connectivity index (χ3n) is 8.47. The van der Waals surface area contributed by atoms with Gasteiger partial charge in [-0.05, 0) is 85.8 Å². The molecular formula is C37H29NO2. The van der Waals surface area contributed by atoms with Crippen LogP contribution in [0, 0.1) is 11.8 Å². The van der Waals surface area contributed by atoms with Crippen LogP contribution in [0.5, 0.6) is 0 Å². The summed E-state index contributed by atoms with van der Waals surface area (Å²) in [5.41, 5.74) is 4.91. The topological polar surface area (TPSA) is 37.4 Å². The molecule has 0 atom stereocenters. The number of hydrogen-bond acceptors (Lipinski definition) is 2. The maximum atomic E-state index is 14.3. The van der Waals surface area contributed by atoms with Crippen LogP contribution in [0.3, 0.4) is 0 Å². The summed E-state index contributed by atoms with van der Waals surface area (Å²) in [5, 5.41) is 8.34. The van der Waals surface area contributed by atoms with Crippen molar-refractivity contribution in [3.63, 3.8) is 0 Å². The molecule has 3 nitrogen and oxygen atoms in total. The van der Waals surface area contributed by atoms with Crippen LogP contribution >= 0.6 is 0 Å². The number of rotatable bonds is 3.